The fourth-order valence-electron chi connectivity index (χ4n) is 4.83. The van der Waals surface area contributed by atoms with Crippen molar-refractivity contribution in [3.8, 4) is 28.7 Å². The molecule has 11 nitrogen and oxygen atoms in total. The molecule has 3 N–H and O–H groups in total. The van der Waals surface area contributed by atoms with E-state index in [2.05, 4.69) is 30.2 Å². The van der Waals surface area contributed by atoms with Crippen LogP contribution >= 0.6 is 0 Å². The molecular weight excluding hydrogens is 585 g/mol. The van der Waals surface area contributed by atoms with E-state index in [0.717, 1.165) is 30.3 Å². The molecule has 1 aliphatic carbocycles. The zero-order valence-corrected chi connectivity index (χ0v) is 25.9. The maximum Gasteiger partial charge on any atom is 0.434 e. The van der Waals surface area contributed by atoms with Crippen LogP contribution in [0.2, 0.25) is 0 Å². The molecule has 1 saturated carbocycles. The SMILES string of the molecule is COc1ncnc(C2CC2)c1-c1ncnc(N(C/C(N)=C/NC(C)C)Cc2ccc(-c3nc(C(F)(F)F)cn3C(C)C)cc2)n1. The number of alkyl halides is 3. The van der Waals surface area contributed by atoms with Crippen LogP contribution in [-0.2, 0) is 12.7 Å². The second kappa shape index (κ2) is 13.1. The van der Waals surface area contributed by atoms with Gasteiger partial charge in [-0.15, -0.1) is 0 Å². The summed E-state index contributed by atoms with van der Waals surface area (Å²) in [5, 5.41) is 3.21. The summed E-state index contributed by atoms with van der Waals surface area (Å²) in [6.07, 6.45) is 3.23. The Hall–Kier alpha value is -4.75. The lowest BCUT2D eigenvalue weighted by Crippen LogP contribution is -2.31. The number of anilines is 1. The lowest BCUT2D eigenvalue weighted by molar-refractivity contribution is -0.140. The van der Waals surface area contributed by atoms with Crippen molar-refractivity contribution in [2.45, 2.75) is 71.3 Å². The topological polar surface area (TPSA) is 133 Å². The van der Waals surface area contributed by atoms with Crippen LogP contribution in [0.25, 0.3) is 22.8 Å². The van der Waals surface area contributed by atoms with Gasteiger partial charge in [-0.05, 0) is 46.1 Å². The van der Waals surface area contributed by atoms with E-state index in [1.807, 2.05) is 44.7 Å². The molecular formula is C31H37F3N10O. The first kappa shape index (κ1) is 31.7. The fraction of sp³-hybridized carbons (Fsp3) is 0.419. The lowest BCUT2D eigenvalue weighted by Gasteiger charge is -2.24. The molecule has 0 bridgehead atoms. The van der Waals surface area contributed by atoms with Crippen LogP contribution in [0.3, 0.4) is 0 Å². The van der Waals surface area contributed by atoms with Crippen LogP contribution in [0, 0.1) is 0 Å². The number of hydrogen-bond acceptors (Lipinski definition) is 10. The zero-order valence-electron chi connectivity index (χ0n) is 25.9. The molecule has 5 rings (SSSR count). The monoisotopic (exact) mass is 622 g/mol. The number of ether oxygens (including phenoxy) is 1. The van der Waals surface area contributed by atoms with Gasteiger partial charge in [0.1, 0.15) is 24.0 Å². The van der Waals surface area contributed by atoms with Crippen LogP contribution in [0.1, 0.15) is 69.4 Å². The third kappa shape index (κ3) is 7.49. The Morgan fingerprint density at radius 2 is 1.78 bits per heavy atom. The molecule has 0 spiro atoms. The van der Waals surface area contributed by atoms with Crippen LogP contribution in [0.5, 0.6) is 5.88 Å². The second-order valence-corrected chi connectivity index (χ2v) is 11.6. The van der Waals surface area contributed by atoms with Gasteiger partial charge in [0.25, 0.3) is 0 Å². The number of nitrogens with zero attached hydrogens (tertiary/aromatic N) is 8. The first-order chi connectivity index (χ1) is 21.4. The minimum absolute atomic E-state index is 0.191. The third-order valence-electron chi connectivity index (χ3n) is 7.20. The molecule has 0 saturated heterocycles. The Morgan fingerprint density at radius 1 is 1.07 bits per heavy atom. The van der Waals surface area contributed by atoms with Crippen molar-refractivity contribution in [2.24, 2.45) is 5.73 Å². The van der Waals surface area contributed by atoms with E-state index in [-0.39, 0.29) is 24.5 Å². The number of benzene rings is 1. The van der Waals surface area contributed by atoms with Crippen molar-refractivity contribution in [3.63, 3.8) is 0 Å². The van der Waals surface area contributed by atoms with Gasteiger partial charge in [-0.25, -0.2) is 24.9 Å². The highest BCUT2D eigenvalue weighted by Gasteiger charge is 2.35. The minimum atomic E-state index is -4.54. The molecule has 1 fully saturated rings. The number of rotatable bonds is 12. The molecule has 3 aromatic heterocycles. The van der Waals surface area contributed by atoms with Gasteiger partial charge in [-0.1, -0.05) is 24.3 Å². The Bertz CT molecular complexity index is 1650. The Labute approximate surface area is 259 Å². The summed E-state index contributed by atoms with van der Waals surface area (Å²) >= 11 is 0. The van der Waals surface area contributed by atoms with Gasteiger partial charge in [-0.3, -0.25) is 0 Å². The molecule has 0 amide bonds. The summed E-state index contributed by atoms with van der Waals surface area (Å²) in [6, 6.07) is 7.21. The van der Waals surface area contributed by atoms with Gasteiger partial charge in [0, 0.05) is 48.2 Å². The van der Waals surface area contributed by atoms with Crippen molar-refractivity contribution in [1.82, 2.24) is 39.8 Å². The molecule has 0 aliphatic heterocycles. The van der Waals surface area contributed by atoms with Gasteiger partial charge in [0.15, 0.2) is 11.5 Å². The van der Waals surface area contributed by atoms with Crippen molar-refractivity contribution in [1.29, 1.82) is 0 Å². The van der Waals surface area contributed by atoms with E-state index in [1.165, 1.54) is 17.2 Å². The molecule has 0 atom stereocenters. The van der Waals surface area contributed by atoms with E-state index in [9.17, 15) is 13.2 Å². The quantitative estimate of drug-likeness (QED) is 0.209. The highest BCUT2D eigenvalue weighted by molar-refractivity contribution is 5.66. The minimum Gasteiger partial charge on any atom is -0.480 e. The second-order valence-electron chi connectivity index (χ2n) is 11.6. The molecule has 238 valence electrons. The summed E-state index contributed by atoms with van der Waals surface area (Å²) in [7, 11) is 1.55. The Kier molecular flexibility index (Phi) is 9.21. The molecule has 14 heteroatoms. The van der Waals surface area contributed by atoms with Crippen LogP contribution in [0.15, 0.2) is 55.0 Å². The molecule has 1 aromatic carbocycles. The number of aromatic nitrogens is 7. The average Bonchev–Trinajstić information content (AvgIpc) is 3.75. The molecule has 3 heterocycles. The average molecular weight is 623 g/mol. The molecule has 45 heavy (non-hydrogen) atoms. The summed E-state index contributed by atoms with van der Waals surface area (Å²) in [5.74, 6) is 1.71. The van der Waals surface area contributed by atoms with Gasteiger partial charge in [0.05, 0.1) is 19.3 Å². The summed E-state index contributed by atoms with van der Waals surface area (Å²) in [5.41, 5.74) is 8.96. The number of imidazole rings is 1. The number of nitrogens with two attached hydrogens (primary N) is 1. The van der Waals surface area contributed by atoms with E-state index in [1.54, 1.807) is 25.4 Å². The largest absolute Gasteiger partial charge is 0.480 e. The number of nitrogens with one attached hydrogen (secondary N) is 1. The smallest absolute Gasteiger partial charge is 0.434 e. The highest BCUT2D eigenvalue weighted by Crippen LogP contribution is 2.44. The van der Waals surface area contributed by atoms with Gasteiger partial charge < -0.3 is 25.3 Å². The Balaban J connectivity index is 1.48. The van der Waals surface area contributed by atoms with Crippen LogP contribution in [-0.4, -0.2) is 54.2 Å². The molecule has 0 radical (unpaired) electrons. The summed E-state index contributed by atoms with van der Waals surface area (Å²) in [4.78, 5) is 28.3. The Morgan fingerprint density at radius 3 is 2.40 bits per heavy atom. The summed E-state index contributed by atoms with van der Waals surface area (Å²) < 4.78 is 47.4. The maximum atomic E-state index is 13.4. The fourth-order valence-corrected chi connectivity index (χ4v) is 4.83. The van der Waals surface area contributed by atoms with Gasteiger partial charge in [-0.2, -0.15) is 18.2 Å². The predicted octanol–water partition coefficient (Wildman–Crippen LogP) is 5.48. The van der Waals surface area contributed by atoms with Crippen molar-refractivity contribution in [2.75, 3.05) is 18.6 Å². The molecule has 0 unspecified atom stereocenters. The highest BCUT2D eigenvalue weighted by atomic mass is 19.4. The van der Waals surface area contributed by atoms with E-state index in [0.29, 0.717) is 46.9 Å². The predicted molar refractivity (Wildman–Crippen MR) is 164 cm³/mol. The van der Waals surface area contributed by atoms with E-state index in [4.69, 9.17) is 15.5 Å². The van der Waals surface area contributed by atoms with E-state index < -0.39 is 11.9 Å². The zero-order chi connectivity index (χ0) is 32.3. The number of methoxy groups -OCH3 is 1. The lowest BCUT2D eigenvalue weighted by atomic mass is 10.1. The first-order valence-corrected chi connectivity index (χ1v) is 14.7. The van der Waals surface area contributed by atoms with Gasteiger partial charge in [0.2, 0.25) is 11.8 Å². The maximum absolute atomic E-state index is 13.4. The molecule has 4 aromatic rings. The van der Waals surface area contributed by atoms with Crippen molar-refractivity contribution < 1.29 is 17.9 Å². The van der Waals surface area contributed by atoms with Crippen molar-refractivity contribution >= 4 is 5.95 Å². The summed E-state index contributed by atoms with van der Waals surface area (Å²) in [6.45, 7) is 8.29. The number of halogens is 3. The van der Waals surface area contributed by atoms with Crippen molar-refractivity contribution in [3.05, 3.63) is 72.0 Å². The van der Waals surface area contributed by atoms with Crippen LogP contribution in [0.4, 0.5) is 19.1 Å². The van der Waals surface area contributed by atoms with E-state index >= 15 is 0 Å². The van der Waals surface area contributed by atoms with Gasteiger partial charge >= 0.3 is 6.18 Å². The standard InChI is InChI=1S/C31H37F3N10O/c1-18(2)36-12-23(35)14-43(30-40-17-38-27(42-30)25-26(21-10-11-21)37-16-39-29(25)45-5)13-20-6-8-22(9-7-20)28-41-24(31(32,33)34)15-44(28)19(3)4/h6-9,12,15-19,21,36H,10-11,13-14,35H2,1-5H3/b23-12-. The molecule has 1 aliphatic rings. The first-order valence-electron chi connectivity index (χ1n) is 14.7. The normalized spacial score (nSPS) is 13.9. The van der Waals surface area contributed by atoms with Crippen LogP contribution < -0.4 is 20.7 Å². The third-order valence-corrected chi connectivity index (χ3v) is 7.20. The number of hydrogen-bond donors (Lipinski definition) is 2.